The molecule has 2 unspecified atom stereocenters. The maximum atomic E-state index is 11.8. The second-order valence-electron chi connectivity index (χ2n) is 4.62. The van der Waals surface area contributed by atoms with Crippen LogP contribution < -0.4 is 11.1 Å². The van der Waals surface area contributed by atoms with Gasteiger partial charge in [0, 0.05) is 12.5 Å². The van der Waals surface area contributed by atoms with Crippen LogP contribution in [0.15, 0.2) is 30.3 Å². The molecule has 0 aliphatic rings. The van der Waals surface area contributed by atoms with Crippen LogP contribution in [-0.4, -0.2) is 26.5 Å². The van der Waals surface area contributed by atoms with Gasteiger partial charge in [-0.2, -0.15) is 5.21 Å². The van der Waals surface area contributed by atoms with Gasteiger partial charge in [-0.3, -0.25) is 4.79 Å². The van der Waals surface area contributed by atoms with Crippen molar-refractivity contribution in [3.05, 3.63) is 41.7 Å². The summed E-state index contributed by atoms with van der Waals surface area (Å²) in [6, 6.07) is 9.34. The van der Waals surface area contributed by atoms with Crippen molar-refractivity contribution < 1.29 is 4.79 Å². The number of H-pyrrole nitrogens is 1. The highest BCUT2D eigenvalue weighted by molar-refractivity contribution is 5.76. The van der Waals surface area contributed by atoms with Crippen molar-refractivity contribution >= 4 is 5.91 Å². The van der Waals surface area contributed by atoms with Gasteiger partial charge < -0.3 is 11.1 Å². The van der Waals surface area contributed by atoms with Gasteiger partial charge in [0.05, 0.1) is 6.04 Å². The summed E-state index contributed by atoms with van der Waals surface area (Å²) in [6.07, 6.45) is 0.951. The van der Waals surface area contributed by atoms with Gasteiger partial charge in [-0.05, 0) is 18.9 Å². The first-order valence-electron chi connectivity index (χ1n) is 6.50. The second-order valence-corrected chi connectivity index (χ2v) is 4.62. The molecule has 4 N–H and O–H groups in total. The number of nitrogens with zero attached hydrogens (tertiary/aromatic N) is 3. The van der Waals surface area contributed by atoms with Crippen LogP contribution in [0.5, 0.6) is 0 Å². The number of aromatic amines is 1. The van der Waals surface area contributed by atoms with Gasteiger partial charge in [-0.15, -0.1) is 10.2 Å². The molecule has 20 heavy (non-hydrogen) atoms. The molecule has 0 aliphatic carbocycles. The van der Waals surface area contributed by atoms with Gasteiger partial charge >= 0.3 is 0 Å². The van der Waals surface area contributed by atoms with E-state index in [0.29, 0.717) is 18.7 Å². The molecule has 2 rings (SSSR count). The minimum atomic E-state index is -0.269. The first kappa shape index (κ1) is 14.1. The molecule has 0 radical (unpaired) electrons. The topological polar surface area (TPSA) is 110 Å². The number of nitrogens with two attached hydrogens (primary N) is 1. The molecule has 7 nitrogen and oxygen atoms in total. The Hall–Kier alpha value is -2.28. The molecule has 2 aromatic rings. The number of hydrogen-bond donors (Lipinski definition) is 3. The van der Waals surface area contributed by atoms with Crippen LogP contribution in [-0.2, 0) is 4.79 Å². The molecule has 7 heteroatoms. The quantitative estimate of drug-likeness (QED) is 0.723. The van der Waals surface area contributed by atoms with Crippen molar-refractivity contribution in [3.8, 4) is 0 Å². The van der Waals surface area contributed by atoms with Gasteiger partial charge in [0.25, 0.3) is 0 Å². The minimum absolute atomic E-state index is 0.0753. The predicted molar refractivity (Wildman–Crippen MR) is 73.3 cm³/mol. The van der Waals surface area contributed by atoms with Crippen LogP contribution in [0.1, 0.15) is 43.2 Å². The Kier molecular flexibility index (Phi) is 4.78. The Morgan fingerprint density at radius 1 is 1.40 bits per heavy atom. The summed E-state index contributed by atoms with van der Waals surface area (Å²) in [5.74, 6) is 0.388. The van der Waals surface area contributed by atoms with Crippen molar-refractivity contribution in [3.63, 3.8) is 0 Å². The zero-order valence-corrected chi connectivity index (χ0v) is 11.3. The van der Waals surface area contributed by atoms with Crippen molar-refractivity contribution in [2.75, 3.05) is 0 Å². The Morgan fingerprint density at radius 2 is 2.15 bits per heavy atom. The van der Waals surface area contributed by atoms with Gasteiger partial charge in [-0.1, -0.05) is 35.5 Å². The molecular formula is C13H18N6O. The predicted octanol–water partition coefficient (Wildman–Crippen LogP) is 0.857. The van der Waals surface area contributed by atoms with E-state index in [4.69, 9.17) is 5.73 Å². The van der Waals surface area contributed by atoms with Crippen molar-refractivity contribution in [1.29, 1.82) is 0 Å². The first-order valence-corrected chi connectivity index (χ1v) is 6.50. The Labute approximate surface area is 117 Å². The Bertz CT molecular complexity index is 527. The van der Waals surface area contributed by atoms with Gasteiger partial charge in [0.1, 0.15) is 0 Å². The fourth-order valence-corrected chi connectivity index (χ4v) is 1.88. The lowest BCUT2D eigenvalue weighted by molar-refractivity contribution is -0.122. The largest absolute Gasteiger partial charge is 0.346 e. The third kappa shape index (κ3) is 3.86. The molecule has 1 heterocycles. The average molecular weight is 274 g/mol. The molecule has 1 aromatic carbocycles. The molecule has 1 amide bonds. The van der Waals surface area contributed by atoms with Crippen molar-refractivity contribution in [2.24, 2.45) is 5.73 Å². The van der Waals surface area contributed by atoms with Crippen LogP contribution >= 0.6 is 0 Å². The summed E-state index contributed by atoms with van der Waals surface area (Å²) in [5.41, 5.74) is 7.08. The van der Waals surface area contributed by atoms with E-state index in [2.05, 4.69) is 25.9 Å². The number of benzene rings is 1. The first-order chi connectivity index (χ1) is 9.66. The van der Waals surface area contributed by atoms with Crippen molar-refractivity contribution in [1.82, 2.24) is 25.9 Å². The molecule has 0 bridgehead atoms. The lowest BCUT2D eigenvalue weighted by Gasteiger charge is -2.13. The van der Waals surface area contributed by atoms with E-state index in [9.17, 15) is 4.79 Å². The molecular weight excluding hydrogens is 256 g/mol. The molecule has 0 aliphatic heterocycles. The number of nitrogens with one attached hydrogen (secondary N) is 2. The number of rotatable bonds is 6. The van der Waals surface area contributed by atoms with Crippen LogP contribution in [0.3, 0.4) is 0 Å². The summed E-state index contributed by atoms with van der Waals surface area (Å²) in [6.45, 7) is 1.81. The number of hydrogen-bond acceptors (Lipinski definition) is 5. The molecule has 0 fully saturated rings. The number of carbonyl (C=O) groups excluding carboxylic acids is 1. The molecule has 106 valence electrons. The molecule has 0 saturated heterocycles. The number of tetrazole rings is 1. The number of aromatic nitrogens is 4. The SMILES string of the molecule is CC(NC(=O)CCC(N)c1ccccc1)c1nn[nH]n1. The summed E-state index contributed by atoms with van der Waals surface area (Å²) in [7, 11) is 0. The van der Waals surface area contributed by atoms with E-state index in [1.54, 1.807) is 6.92 Å². The Balaban J connectivity index is 1.78. The van der Waals surface area contributed by atoms with Gasteiger partial charge in [0.15, 0.2) is 5.82 Å². The van der Waals surface area contributed by atoms with Crippen LogP contribution in [0, 0.1) is 0 Å². The maximum absolute atomic E-state index is 11.8. The van der Waals surface area contributed by atoms with E-state index in [1.807, 2.05) is 30.3 Å². The standard InChI is InChI=1S/C13H18N6O/c1-9(13-16-18-19-17-13)15-12(20)8-7-11(14)10-5-3-2-4-6-10/h2-6,9,11H,7-8,14H2,1H3,(H,15,20)(H,16,17,18,19). The average Bonchev–Trinajstić information content (AvgIpc) is 3.00. The summed E-state index contributed by atoms with van der Waals surface area (Å²) in [5, 5.41) is 16.3. The highest BCUT2D eigenvalue weighted by Gasteiger charge is 2.14. The van der Waals surface area contributed by atoms with E-state index in [1.165, 1.54) is 0 Å². The second kappa shape index (κ2) is 6.76. The van der Waals surface area contributed by atoms with E-state index >= 15 is 0 Å². The number of amides is 1. The third-order valence-electron chi connectivity index (χ3n) is 3.04. The Morgan fingerprint density at radius 3 is 2.80 bits per heavy atom. The monoisotopic (exact) mass is 274 g/mol. The summed E-state index contributed by atoms with van der Waals surface area (Å²) < 4.78 is 0. The summed E-state index contributed by atoms with van der Waals surface area (Å²) >= 11 is 0. The smallest absolute Gasteiger partial charge is 0.220 e. The fraction of sp³-hybridized carbons (Fsp3) is 0.385. The molecule has 0 spiro atoms. The van der Waals surface area contributed by atoms with Crippen LogP contribution in [0.2, 0.25) is 0 Å². The van der Waals surface area contributed by atoms with Crippen molar-refractivity contribution in [2.45, 2.75) is 31.8 Å². The summed E-state index contributed by atoms with van der Waals surface area (Å²) in [4.78, 5) is 11.8. The number of carbonyl (C=O) groups is 1. The maximum Gasteiger partial charge on any atom is 0.220 e. The van der Waals surface area contributed by atoms with E-state index in [-0.39, 0.29) is 18.0 Å². The van der Waals surface area contributed by atoms with Gasteiger partial charge in [-0.25, -0.2) is 0 Å². The zero-order chi connectivity index (χ0) is 14.4. The lowest BCUT2D eigenvalue weighted by Crippen LogP contribution is -2.28. The minimum Gasteiger partial charge on any atom is -0.346 e. The van der Waals surface area contributed by atoms with E-state index in [0.717, 1.165) is 5.56 Å². The lowest BCUT2D eigenvalue weighted by atomic mass is 10.0. The molecule has 0 saturated carbocycles. The van der Waals surface area contributed by atoms with E-state index < -0.39 is 0 Å². The molecule has 1 aromatic heterocycles. The highest BCUT2D eigenvalue weighted by Crippen LogP contribution is 2.15. The normalized spacial score (nSPS) is 13.7. The molecule has 2 atom stereocenters. The third-order valence-corrected chi connectivity index (χ3v) is 3.04. The van der Waals surface area contributed by atoms with Gasteiger partial charge in [0.2, 0.25) is 5.91 Å². The van der Waals surface area contributed by atoms with Crippen LogP contribution in [0.25, 0.3) is 0 Å². The fourth-order valence-electron chi connectivity index (χ4n) is 1.88. The highest BCUT2D eigenvalue weighted by atomic mass is 16.1. The zero-order valence-electron chi connectivity index (χ0n) is 11.3. The van der Waals surface area contributed by atoms with Crippen LogP contribution in [0.4, 0.5) is 0 Å².